The third kappa shape index (κ3) is 4.51. The van der Waals surface area contributed by atoms with Crippen LogP contribution in [0, 0.1) is 22.7 Å². The topological polar surface area (TPSA) is 62.4 Å². The second-order valence-electron chi connectivity index (χ2n) is 14.0. The molecule has 0 unspecified atom stereocenters. The summed E-state index contributed by atoms with van der Waals surface area (Å²) in [4.78, 5) is 0. The number of nitriles is 2. The van der Waals surface area contributed by atoms with Crippen LogP contribution in [0.1, 0.15) is 11.1 Å². The molecule has 0 amide bonds. The maximum absolute atomic E-state index is 10.2. The van der Waals surface area contributed by atoms with Gasteiger partial charge in [-0.15, -0.1) is 0 Å². The first-order valence-electron chi connectivity index (χ1n) is 18.3. The lowest BCUT2D eigenvalue weighted by atomic mass is 10.0. The van der Waals surface area contributed by atoms with E-state index in [1.807, 2.05) is 36.4 Å². The van der Waals surface area contributed by atoms with E-state index in [1.54, 1.807) is 0 Å². The lowest BCUT2D eigenvalue weighted by Crippen LogP contribution is -2.00. The van der Waals surface area contributed by atoms with Gasteiger partial charge in [0, 0.05) is 49.3 Å². The second-order valence-corrected chi connectivity index (χ2v) is 14.0. The number of hydrogen-bond donors (Lipinski definition) is 0. The molecular weight excluding hydrogens is 671 g/mol. The number of para-hydroxylation sites is 4. The molecule has 0 spiro atoms. The van der Waals surface area contributed by atoms with Crippen LogP contribution in [0.2, 0.25) is 0 Å². The molecule has 254 valence electrons. The maximum Gasteiger partial charge on any atom is 0.0992 e. The van der Waals surface area contributed by atoms with Gasteiger partial charge in [0.05, 0.1) is 62.1 Å². The minimum Gasteiger partial charge on any atom is -0.309 e. The van der Waals surface area contributed by atoms with E-state index >= 15 is 0 Å². The Morgan fingerprint density at radius 3 is 1.44 bits per heavy atom. The zero-order chi connectivity index (χ0) is 36.6. The van der Waals surface area contributed by atoms with Crippen molar-refractivity contribution in [3.63, 3.8) is 0 Å². The highest BCUT2D eigenvalue weighted by molar-refractivity contribution is 6.13. The summed E-state index contributed by atoms with van der Waals surface area (Å²) in [5.41, 5.74) is 12.8. The number of nitrogens with zero attached hydrogens (tertiary/aromatic N) is 5. The average molecular weight is 700 g/mol. The minimum absolute atomic E-state index is 0.593. The molecule has 3 heterocycles. The maximum atomic E-state index is 10.2. The van der Waals surface area contributed by atoms with Gasteiger partial charge in [-0.25, -0.2) is 0 Å². The smallest absolute Gasteiger partial charge is 0.0992 e. The first-order valence-corrected chi connectivity index (χ1v) is 18.3. The predicted molar refractivity (Wildman–Crippen MR) is 224 cm³/mol. The fraction of sp³-hybridized carbons (Fsp3) is 0. The van der Waals surface area contributed by atoms with Gasteiger partial charge < -0.3 is 13.7 Å². The molecule has 0 aliphatic heterocycles. The molecule has 0 fully saturated rings. The van der Waals surface area contributed by atoms with Crippen LogP contribution >= 0.6 is 0 Å². The summed E-state index contributed by atoms with van der Waals surface area (Å²) < 4.78 is 6.96. The Morgan fingerprint density at radius 2 is 0.818 bits per heavy atom. The molecule has 11 rings (SSSR count). The highest BCUT2D eigenvalue weighted by atomic mass is 15.0. The minimum atomic E-state index is 0.593. The largest absolute Gasteiger partial charge is 0.309 e. The number of fused-ring (bicyclic) bond motifs is 9. The molecule has 5 heteroatoms. The molecule has 0 radical (unpaired) electrons. The number of aromatic nitrogens is 3. The fourth-order valence-corrected chi connectivity index (χ4v) is 8.72. The first-order chi connectivity index (χ1) is 27.2. The van der Waals surface area contributed by atoms with Crippen molar-refractivity contribution in [2.45, 2.75) is 0 Å². The number of rotatable bonds is 4. The zero-order valence-corrected chi connectivity index (χ0v) is 29.5. The second kappa shape index (κ2) is 11.8. The van der Waals surface area contributed by atoms with Gasteiger partial charge in [-0.05, 0) is 84.4 Å². The van der Waals surface area contributed by atoms with E-state index in [-0.39, 0.29) is 0 Å². The van der Waals surface area contributed by atoms with Gasteiger partial charge >= 0.3 is 0 Å². The van der Waals surface area contributed by atoms with E-state index in [0.29, 0.717) is 11.1 Å². The third-order valence-corrected chi connectivity index (χ3v) is 11.1. The number of hydrogen-bond acceptors (Lipinski definition) is 2. The van der Waals surface area contributed by atoms with Crippen molar-refractivity contribution >= 4 is 65.4 Å². The summed E-state index contributed by atoms with van der Waals surface area (Å²) in [5, 5.41) is 26.8. The van der Waals surface area contributed by atoms with Crippen LogP contribution in [0.15, 0.2) is 176 Å². The van der Waals surface area contributed by atoms with Gasteiger partial charge in [-0.3, -0.25) is 0 Å². The van der Waals surface area contributed by atoms with Gasteiger partial charge in [0.1, 0.15) is 0 Å². The lowest BCUT2D eigenvalue weighted by molar-refractivity contribution is 1.15. The van der Waals surface area contributed by atoms with Crippen molar-refractivity contribution in [1.82, 2.24) is 13.7 Å². The Hall–Kier alpha value is -7.86. The molecule has 0 saturated heterocycles. The molecule has 0 bridgehead atoms. The van der Waals surface area contributed by atoms with Crippen molar-refractivity contribution < 1.29 is 0 Å². The summed E-state index contributed by atoms with van der Waals surface area (Å²) in [6, 6.07) is 66.1. The van der Waals surface area contributed by atoms with Gasteiger partial charge in [0.15, 0.2) is 0 Å². The van der Waals surface area contributed by atoms with E-state index < -0.39 is 0 Å². The molecule has 11 aromatic rings. The van der Waals surface area contributed by atoms with E-state index in [4.69, 9.17) is 0 Å². The first kappa shape index (κ1) is 30.7. The van der Waals surface area contributed by atoms with Crippen molar-refractivity contribution in [3.05, 3.63) is 187 Å². The monoisotopic (exact) mass is 699 g/mol. The van der Waals surface area contributed by atoms with Crippen LogP contribution in [0.5, 0.6) is 0 Å². The molecule has 0 aliphatic carbocycles. The molecule has 5 nitrogen and oxygen atoms in total. The molecule has 3 aromatic heterocycles. The Morgan fingerprint density at radius 1 is 0.327 bits per heavy atom. The standard InChI is InChI=1S/C50H29N5/c51-30-32-21-25-48-43(26-32)41-15-4-7-18-46(41)53(48)35-11-9-10-34(28-35)37-23-20-33(31-52)27-49(37)55-47-19-8-3-14-40(47)42-24-22-36(29-50(42)55)54-44-16-5-1-12-38(44)39-13-2-6-17-45(39)54/h1-29H. The van der Waals surface area contributed by atoms with Gasteiger partial charge in [0.2, 0.25) is 0 Å². The molecule has 8 aromatic carbocycles. The van der Waals surface area contributed by atoms with Gasteiger partial charge in [-0.2, -0.15) is 10.5 Å². The Bertz CT molecular complexity index is 3420. The Balaban J connectivity index is 1.17. The van der Waals surface area contributed by atoms with Crippen LogP contribution in [-0.2, 0) is 0 Å². The average Bonchev–Trinajstić information content (AvgIpc) is 3.88. The SMILES string of the molecule is N#Cc1ccc(-c2cccc(-n3c4ccccc4c4cc(C#N)ccc43)c2)c(-n2c3ccccc3c3ccc(-n4c5ccccc5c5ccccc54)cc32)c1. The van der Waals surface area contributed by atoms with Crippen LogP contribution in [0.25, 0.3) is 93.6 Å². The molecule has 0 saturated carbocycles. The summed E-state index contributed by atoms with van der Waals surface area (Å²) in [5.74, 6) is 0. The summed E-state index contributed by atoms with van der Waals surface area (Å²) in [6.07, 6.45) is 0. The van der Waals surface area contributed by atoms with E-state index in [0.717, 1.165) is 82.8 Å². The molecule has 0 N–H and O–H groups in total. The zero-order valence-electron chi connectivity index (χ0n) is 29.5. The normalized spacial score (nSPS) is 11.6. The Labute approximate surface area is 316 Å². The Kier molecular flexibility index (Phi) is 6.61. The van der Waals surface area contributed by atoms with Gasteiger partial charge in [-0.1, -0.05) is 97.1 Å². The highest BCUT2D eigenvalue weighted by Gasteiger charge is 2.20. The van der Waals surface area contributed by atoms with E-state index in [2.05, 4.69) is 165 Å². The highest BCUT2D eigenvalue weighted by Crippen LogP contribution is 2.40. The van der Waals surface area contributed by atoms with Crippen LogP contribution < -0.4 is 0 Å². The quantitative estimate of drug-likeness (QED) is 0.184. The predicted octanol–water partition coefficient (Wildman–Crippen LogP) is 12.4. The third-order valence-electron chi connectivity index (χ3n) is 11.1. The van der Waals surface area contributed by atoms with Crippen LogP contribution in [0.4, 0.5) is 0 Å². The van der Waals surface area contributed by atoms with Crippen molar-refractivity contribution in [2.24, 2.45) is 0 Å². The summed E-state index contributed by atoms with van der Waals surface area (Å²) in [6.45, 7) is 0. The molecule has 55 heavy (non-hydrogen) atoms. The van der Waals surface area contributed by atoms with Crippen molar-refractivity contribution in [1.29, 1.82) is 10.5 Å². The van der Waals surface area contributed by atoms with E-state index in [9.17, 15) is 10.5 Å². The van der Waals surface area contributed by atoms with Crippen LogP contribution in [0.3, 0.4) is 0 Å². The molecular formula is C50H29N5. The van der Waals surface area contributed by atoms with E-state index in [1.165, 1.54) is 10.8 Å². The fourth-order valence-electron chi connectivity index (χ4n) is 8.72. The van der Waals surface area contributed by atoms with Crippen molar-refractivity contribution in [3.8, 4) is 40.3 Å². The lowest BCUT2D eigenvalue weighted by Gasteiger charge is -2.17. The summed E-state index contributed by atoms with van der Waals surface area (Å²) >= 11 is 0. The van der Waals surface area contributed by atoms with Gasteiger partial charge in [0.25, 0.3) is 0 Å². The van der Waals surface area contributed by atoms with Crippen molar-refractivity contribution in [2.75, 3.05) is 0 Å². The molecule has 0 aliphatic rings. The number of benzene rings is 8. The molecule has 0 atom stereocenters. The summed E-state index contributed by atoms with van der Waals surface area (Å²) in [7, 11) is 0. The van der Waals surface area contributed by atoms with Crippen LogP contribution in [-0.4, -0.2) is 13.7 Å².